The molecule has 0 spiro atoms. The molecule has 1 aliphatic rings. The molecule has 0 heterocycles. The van der Waals surface area contributed by atoms with Crippen molar-refractivity contribution in [2.75, 3.05) is 20.1 Å². The number of nitrogens with one attached hydrogen (secondary N) is 2. The van der Waals surface area contributed by atoms with Gasteiger partial charge in [-0.15, -0.1) is 0 Å². The molecule has 8 heteroatoms. The summed E-state index contributed by atoms with van der Waals surface area (Å²) in [6.45, 7) is 10.9. The Morgan fingerprint density at radius 3 is 2.37 bits per heavy atom. The van der Waals surface area contributed by atoms with Gasteiger partial charge in [0.05, 0.1) is 0 Å². The predicted octanol–water partition coefficient (Wildman–Crippen LogP) is 1.01. The first kappa shape index (κ1) is 23.9. The van der Waals surface area contributed by atoms with Crippen molar-refractivity contribution in [3.05, 3.63) is 0 Å². The molecular formula is C19H38BN3O4. The lowest BCUT2D eigenvalue weighted by molar-refractivity contribution is -0.139. The lowest BCUT2D eigenvalue weighted by Gasteiger charge is -2.48. The van der Waals surface area contributed by atoms with Gasteiger partial charge in [-0.25, -0.2) is 0 Å². The van der Waals surface area contributed by atoms with Gasteiger partial charge in [-0.3, -0.25) is 9.59 Å². The SMILES string of the molecule is CCN(C)C[C@@H]1CC[C@@H](CCB(O)O)C[C@]1(NC(C)=O)C(=O)NC(C)(C)C. The Kier molecular flexibility index (Phi) is 8.76. The molecule has 0 aromatic rings. The monoisotopic (exact) mass is 383 g/mol. The van der Waals surface area contributed by atoms with Crippen LogP contribution in [0.2, 0.25) is 6.32 Å². The van der Waals surface area contributed by atoms with E-state index >= 15 is 0 Å². The highest BCUT2D eigenvalue weighted by Crippen LogP contribution is 2.40. The molecule has 1 aliphatic carbocycles. The van der Waals surface area contributed by atoms with Crippen molar-refractivity contribution >= 4 is 18.9 Å². The number of amides is 2. The number of nitrogens with zero attached hydrogens (tertiary/aromatic N) is 1. The fourth-order valence-corrected chi connectivity index (χ4v) is 4.05. The van der Waals surface area contributed by atoms with Crippen LogP contribution in [0.25, 0.3) is 0 Å². The van der Waals surface area contributed by atoms with Gasteiger partial charge < -0.3 is 25.6 Å². The third kappa shape index (κ3) is 7.43. The number of hydrogen-bond acceptors (Lipinski definition) is 5. The topological polar surface area (TPSA) is 102 Å². The molecule has 2 amide bonds. The van der Waals surface area contributed by atoms with Crippen LogP contribution in [-0.2, 0) is 9.59 Å². The van der Waals surface area contributed by atoms with Crippen molar-refractivity contribution in [1.29, 1.82) is 0 Å². The first-order valence-electron chi connectivity index (χ1n) is 10.1. The second-order valence-electron chi connectivity index (χ2n) is 9.11. The number of carbonyl (C=O) groups is 2. The Bertz CT molecular complexity index is 510. The minimum absolute atomic E-state index is 0.00370. The summed E-state index contributed by atoms with van der Waals surface area (Å²) in [5.74, 6) is -0.198. The standard InChI is InChI=1S/C19H38BN3O4/c1-7-23(6)13-16-9-8-15(10-11-20(26)27)12-19(16,21-14(2)24)17(25)22-18(3,4)5/h15-16,26-27H,7-13H2,1-6H3,(H,21,24)(H,22,25)/t15-,16-,19+/m0/s1. The zero-order valence-corrected chi connectivity index (χ0v) is 17.8. The Balaban J connectivity index is 3.20. The van der Waals surface area contributed by atoms with Gasteiger partial charge in [-0.1, -0.05) is 13.3 Å². The lowest BCUT2D eigenvalue weighted by atomic mass is 9.65. The van der Waals surface area contributed by atoms with Crippen molar-refractivity contribution in [3.8, 4) is 0 Å². The molecule has 0 unspecified atom stereocenters. The third-order valence-corrected chi connectivity index (χ3v) is 5.43. The lowest BCUT2D eigenvalue weighted by Crippen LogP contribution is -2.68. The maximum Gasteiger partial charge on any atom is 0.451 e. The summed E-state index contributed by atoms with van der Waals surface area (Å²) in [5, 5.41) is 24.5. The first-order chi connectivity index (χ1) is 12.4. The molecule has 27 heavy (non-hydrogen) atoms. The molecule has 0 saturated heterocycles. The summed E-state index contributed by atoms with van der Waals surface area (Å²) < 4.78 is 0. The molecule has 0 aromatic carbocycles. The first-order valence-corrected chi connectivity index (χ1v) is 10.1. The van der Waals surface area contributed by atoms with Gasteiger partial charge >= 0.3 is 7.12 Å². The summed E-state index contributed by atoms with van der Waals surface area (Å²) in [6.07, 6.45) is 3.15. The summed E-state index contributed by atoms with van der Waals surface area (Å²) in [7, 11) is 0.682. The van der Waals surface area contributed by atoms with Gasteiger partial charge in [-0.2, -0.15) is 0 Å². The zero-order chi connectivity index (χ0) is 20.8. The van der Waals surface area contributed by atoms with E-state index in [1.54, 1.807) is 0 Å². The van der Waals surface area contributed by atoms with Crippen molar-refractivity contribution < 1.29 is 19.6 Å². The largest absolute Gasteiger partial charge is 0.451 e. The van der Waals surface area contributed by atoms with Crippen molar-refractivity contribution in [2.24, 2.45) is 11.8 Å². The highest BCUT2D eigenvalue weighted by atomic mass is 16.4. The van der Waals surface area contributed by atoms with Crippen LogP contribution in [0.5, 0.6) is 0 Å². The summed E-state index contributed by atoms with van der Waals surface area (Å²) >= 11 is 0. The predicted molar refractivity (Wildman–Crippen MR) is 108 cm³/mol. The van der Waals surface area contributed by atoms with E-state index in [4.69, 9.17) is 0 Å². The molecule has 7 nitrogen and oxygen atoms in total. The van der Waals surface area contributed by atoms with Crippen LogP contribution in [0.1, 0.15) is 60.3 Å². The van der Waals surface area contributed by atoms with Crippen LogP contribution in [0.15, 0.2) is 0 Å². The van der Waals surface area contributed by atoms with Gasteiger partial charge in [-0.05, 0) is 65.9 Å². The molecular weight excluding hydrogens is 345 g/mol. The van der Waals surface area contributed by atoms with E-state index in [2.05, 4.69) is 22.5 Å². The molecule has 1 saturated carbocycles. The van der Waals surface area contributed by atoms with Gasteiger partial charge in [0.25, 0.3) is 0 Å². The van der Waals surface area contributed by atoms with E-state index in [1.807, 2.05) is 27.8 Å². The molecule has 1 rings (SSSR count). The second-order valence-corrected chi connectivity index (χ2v) is 9.11. The van der Waals surface area contributed by atoms with E-state index in [-0.39, 0.29) is 30.0 Å². The fourth-order valence-electron chi connectivity index (χ4n) is 4.05. The van der Waals surface area contributed by atoms with Gasteiger partial charge in [0, 0.05) is 24.9 Å². The van der Waals surface area contributed by atoms with Crippen LogP contribution < -0.4 is 10.6 Å². The van der Waals surface area contributed by atoms with E-state index in [0.29, 0.717) is 12.8 Å². The Hall–Kier alpha value is -1.12. The van der Waals surface area contributed by atoms with Crippen LogP contribution in [0, 0.1) is 11.8 Å². The summed E-state index contributed by atoms with van der Waals surface area (Å²) in [4.78, 5) is 27.6. The molecule has 0 aromatic heterocycles. The maximum absolute atomic E-state index is 13.4. The smallest absolute Gasteiger partial charge is 0.427 e. The molecule has 0 aliphatic heterocycles. The quantitative estimate of drug-likeness (QED) is 0.469. The molecule has 156 valence electrons. The molecule has 1 fully saturated rings. The number of hydrogen-bond donors (Lipinski definition) is 4. The number of carbonyl (C=O) groups excluding carboxylic acids is 2. The molecule has 0 radical (unpaired) electrons. The van der Waals surface area contributed by atoms with Crippen molar-refractivity contribution in [1.82, 2.24) is 15.5 Å². The zero-order valence-electron chi connectivity index (χ0n) is 17.8. The summed E-state index contributed by atoms with van der Waals surface area (Å²) in [6, 6.07) is 0. The van der Waals surface area contributed by atoms with Crippen molar-refractivity contribution in [2.45, 2.75) is 77.7 Å². The third-order valence-electron chi connectivity index (χ3n) is 5.43. The Labute approximate surface area is 164 Å². The molecule has 0 bridgehead atoms. The highest BCUT2D eigenvalue weighted by molar-refractivity contribution is 6.40. The molecule has 4 N–H and O–H groups in total. The maximum atomic E-state index is 13.4. The van der Waals surface area contributed by atoms with E-state index in [1.165, 1.54) is 6.92 Å². The molecule has 3 atom stereocenters. The minimum Gasteiger partial charge on any atom is -0.427 e. The van der Waals surface area contributed by atoms with Crippen molar-refractivity contribution in [3.63, 3.8) is 0 Å². The Morgan fingerprint density at radius 1 is 1.26 bits per heavy atom. The van der Waals surface area contributed by atoms with Gasteiger partial charge in [0.15, 0.2) is 0 Å². The van der Waals surface area contributed by atoms with E-state index in [9.17, 15) is 19.6 Å². The van der Waals surface area contributed by atoms with Crippen LogP contribution >= 0.6 is 0 Å². The fraction of sp³-hybridized carbons (Fsp3) is 0.895. The van der Waals surface area contributed by atoms with E-state index < -0.39 is 18.2 Å². The highest BCUT2D eigenvalue weighted by Gasteiger charge is 2.51. The average Bonchev–Trinajstić information content (AvgIpc) is 2.52. The average molecular weight is 383 g/mol. The van der Waals surface area contributed by atoms with Crippen LogP contribution in [0.3, 0.4) is 0 Å². The van der Waals surface area contributed by atoms with Gasteiger partial charge in [0.2, 0.25) is 11.8 Å². The Morgan fingerprint density at radius 2 is 1.89 bits per heavy atom. The van der Waals surface area contributed by atoms with E-state index in [0.717, 1.165) is 25.9 Å². The normalized spacial score (nSPS) is 26.0. The van der Waals surface area contributed by atoms with Crippen LogP contribution in [0.4, 0.5) is 0 Å². The minimum atomic E-state index is -1.34. The van der Waals surface area contributed by atoms with Gasteiger partial charge in [0.1, 0.15) is 5.54 Å². The summed E-state index contributed by atoms with van der Waals surface area (Å²) in [5.41, 5.74) is -1.39. The van der Waals surface area contributed by atoms with Crippen LogP contribution in [-0.4, -0.2) is 65.1 Å². The number of rotatable bonds is 8. The second kappa shape index (κ2) is 9.89.